The Morgan fingerprint density at radius 1 is 0.667 bits per heavy atom. The first-order valence-corrected chi connectivity index (χ1v) is 12.3. The fourth-order valence-electron chi connectivity index (χ4n) is 2.18. The van der Waals surface area contributed by atoms with Crippen LogP contribution in [-0.2, 0) is 15.2 Å². The molecule has 2 aromatic carbocycles. The molecule has 2 nitrogen and oxygen atoms in total. The van der Waals surface area contributed by atoms with Gasteiger partial charge in [0.25, 0.3) is 0 Å². The van der Waals surface area contributed by atoms with Crippen molar-refractivity contribution in [1.29, 1.82) is 0 Å². The van der Waals surface area contributed by atoms with Crippen LogP contribution in [0.15, 0.2) is 36.4 Å². The molecule has 2 rings (SSSR count). The van der Waals surface area contributed by atoms with Crippen LogP contribution >= 0.6 is 18.6 Å². The third-order valence-corrected chi connectivity index (χ3v) is 5.91. The number of hydrogen-bond acceptors (Lipinski definition) is 2. The molecule has 112 valence electrons. The first kappa shape index (κ1) is 16.7. The summed E-state index contributed by atoms with van der Waals surface area (Å²) in [6, 6.07) is 11.8. The average molecular weight is 361 g/mol. The van der Waals surface area contributed by atoms with Crippen molar-refractivity contribution in [1.82, 2.24) is 0 Å². The molecule has 0 saturated heterocycles. The molecule has 5 heteroatoms. The van der Waals surface area contributed by atoms with Crippen molar-refractivity contribution >= 4 is 18.6 Å². The van der Waals surface area contributed by atoms with E-state index in [9.17, 15) is 0 Å². The van der Waals surface area contributed by atoms with Crippen LogP contribution in [0.5, 0.6) is 11.5 Å². The van der Waals surface area contributed by atoms with Crippen LogP contribution in [0, 0.1) is 27.7 Å². The Bertz CT molecular complexity index is 561. The number of aryl methyl sites for hydroxylation is 4. The molecule has 0 heterocycles. The quantitative estimate of drug-likeness (QED) is 0.654. The summed E-state index contributed by atoms with van der Waals surface area (Å²) in [4.78, 5) is 0. The maximum absolute atomic E-state index is 6.40. The van der Waals surface area contributed by atoms with Crippen molar-refractivity contribution in [2.24, 2.45) is 0 Å². The van der Waals surface area contributed by atoms with Crippen LogP contribution in [0.3, 0.4) is 0 Å². The molecule has 0 spiro atoms. The number of para-hydroxylation sites is 2. The van der Waals surface area contributed by atoms with Crippen molar-refractivity contribution in [3.63, 3.8) is 0 Å². The summed E-state index contributed by atoms with van der Waals surface area (Å²) in [5.74, 6) is 1.43. The minimum absolute atomic E-state index is 0.716. The fourth-order valence-corrected chi connectivity index (χ4v) is 5.26. The monoisotopic (exact) mass is 360 g/mol. The van der Waals surface area contributed by atoms with Gasteiger partial charge in [0.1, 0.15) is 0 Å². The van der Waals surface area contributed by atoms with E-state index in [1.807, 2.05) is 64.1 Å². The predicted molar refractivity (Wildman–Crippen MR) is 84.8 cm³/mol. The molecule has 0 aromatic heterocycles. The Balaban J connectivity index is 2.27. The van der Waals surface area contributed by atoms with E-state index in [0.717, 1.165) is 22.3 Å². The zero-order chi connectivity index (χ0) is 15.6. The molecule has 0 unspecified atom stereocenters. The molecule has 0 fully saturated rings. The maximum atomic E-state index is 6.40. The first-order valence-electron chi connectivity index (χ1n) is 6.68. The molecular weight excluding hydrogens is 343 g/mol. The SMILES string of the molecule is Cc1cccc(C)c1[O][Ti]([Cl])([Cl])[O]c1c(C)cccc1C. The van der Waals surface area contributed by atoms with Gasteiger partial charge >= 0.3 is 138 Å². The average Bonchev–Trinajstić information content (AvgIpc) is 2.39. The Labute approximate surface area is 138 Å². The van der Waals surface area contributed by atoms with Gasteiger partial charge in [0, 0.05) is 0 Å². The van der Waals surface area contributed by atoms with Crippen molar-refractivity contribution in [3.05, 3.63) is 58.7 Å². The summed E-state index contributed by atoms with van der Waals surface area (Å²) in [7, 11) is 12.8. The third kappa shape index (κ3) is 4.17. The number of halogens is 2. The van der Waals surface area contributed by atoms with Crippen LogP contribution in [0.4, 0.5) is 0 Å². The topological polar surface area (TPSA) is 18.5 Å². The Morgan fingerprint density at radius 3 is 1.24 bits per heavy atom. The minimum atomic E-state index is -3.92. The summed E-state index contributed by atoms with van der Waals surface area (Å²) in [6.45, 7) is 7.86. The van der Waals surface area contributed by atoms with Crippen molar-refractivity contribution in [2.45, 2.75) is 27.7 Å². The Kier molecular flexibility index (Phi) is 5.26. The fraction of sp³-hybridized carbons (Fsp3) is 0.250. The van der Waals surface area contributed by atoms with E-state index in [4.69, 9.17) is 25.2 Å². The summed E-state index contributed by atoms with van der Waals surface area (Å²) in [5, 5.41) is 0. The van der Waals surface area contributed by atoms with Gasteiger partial charge < -0.3 is 0 Å². The van der Waals surface area contributed by atoms with Gasteiger partial charge in [-0.1, -0.05) is 0 Å². The van der Waals surface area contributed by atoms with E-state index in [0.29, 0.717) is 11.5 Å². The summed E-state index contributed by atoms with van der Waals surface area (Å²) in [6.07, 6.45) is 0. The number of rotatable bonds is 4. The van der Waals surface area contributed by atoms with Gasteiger partial charge in [-0.2, -0.15) is 0 Å². The van der Waals surface area contributed by atoms with Gasteiger partial charge in [-0.3, -0.25) is 0 Å². The molecule has 0 atom stereocenters. The van der Waals surface area contributed by atoms with Gasteiger partial charge in [-0.15, -0.1) is 0 Å². The molecule has 0 aliphatic heterocycles. The number of benzene rings is 2. The molecule has 0 N–H and O–H groups in total. The molecule has 0 radical (unpaired) electrons. The zero-order valence-electron chi connectivity index (χ0n) is 12.5. The number of hydrogen-bond donors (Lipinski definition) is 0. The predicted octanol–water partition coefficient (Wildman–Crippen LogP) is 5.67. The molecule has 2 aromatic rings. The Hall–Kier alpha value is -0.666. The molecule has 0 saturated carbocycles. The molecule has 0 aliphatic rings. The van der Waals surface area contributed by atoms with E-state index >= 15 is 0 Å². The molecule has 0 bridgehead atoms. The first-order chi connectivity index (χ1) is 9.80. The van der Waals surface area contributed by atoms with Gasteiger partial charge in [-0.25, -0.2) is 0 Å². The normalized spacial score (nSPS) is 11.3. The molecule has 0 amide bonds. The van der Waals surface area contributed by atoms with Crippen LogP contribution in [0.2, 0.25) is 0 Å². The van der Waals surface area contributed by atoms with Crippen LogP contribution in [0.1, 0.15) is 22.3 Å². The van der Waals surface area contributed by atoms with E-state index < -0.39 is 15.2 Å². The Morgan fingerprint density at radius 2 is 0.952 bits per heavy atom. The van der Waals surface area contributed by atoms with Crippen LogP contribution in [0.25, 0.3) is 0 Å². The summed E-state index contributed by atoms with van der Waals surface area (Å²) < 4.78 is 11.7. The van der Waals surface area contributed by atoms with Gasteiger partial charge in [-0.05, 0) is 0 Å². The van der Waals surface area contributed by atoms with Crippen molar-refractivity contribution in [3.8, 4) is 11.5 Å². The second kappa shape index (κ2) is 6.62. The van der Waals surface area contributed by atoms with Crippen LogP contribution < -0.4 is 6.64 Å². The van der Waals surface area contributed by atoms with Gasteiger partial charge in [0.2, 0.25) is 0 Å². The van der Waals surface area contributed by atoms with E-state index in [-0.39, 0.29) is 0 Å². The second-order valence-electron chi connectivity index (χ2n) is 5.11. The van der Waals surface area contributed by atoms with Gasteiger partial charge in [0.15, 0.2) is 0 Å². The van der Waals surface area contributed by atoms with Crippen molar-refractivity contribution < 1.29 is 21.9 Å². The van der Waals surface area contributed by atoms with E-state index in [2.05, 4.69) is 0 Å². The van der Waals surface area contributed by atoms with Gasteiger partial charge in [0.05, 0.1) is 0 Å². The van der Waals surface area contributed by atoms with E-state index in [1.54, 1.807) is 0 Å². The second-order valence-corrected chi connectivity index (χ2v) is 12.1. The summed E-state index contributed by atoms with van der Waals surface area (Å²) >= 11 is -3.92. The van der Waals surface area contributed by atoms with Crippen molar-refractivity contribution in [2.75, 3.05) is 0 Å². The van der Waals surface area contributed by atoms with Crippen LogP contribution in [-0.4, -0.2) is 0 Å². The molecule has 21 heavy (non-hydrogen) atoms. The molecular formula is C16H18Cl2O2Ti. The standard InChI is InChI=1S/2C8H10O.2ClH.Ti/c2*1-6-4-3-5-7(2)8(6)9;;;/h2*3-5,9H,1-2H3;2*1H;/q;;;;+4/p-4. The summed E-state index contributed by atoms with van der Waals surface area (Å²) in [5.41, 5.74) is 3.99. The third-order valence-electron chi connectivity index (χ3n) is 3.26. The molecule has 0 aliphatic carbocycles. The zero-order valence-corrected chi connectivity index (χ0v) is 15.6. The van der Waals surface area contributed by atoms with E-state index in [1.165, 1.54) is 0 Å².